The van der Waals surface area contributed by atoms with Crippen molar-refractivity contribution in [2.24, 2.45) is 0 Å². The zero-order chi connectivity index (χ0) is 19.7. The molecule has 0 saturated carbocycles. The van der Waals surface area contributed by atoms with E-state index in [0.717, 1.165) is 23.4 Å². The van der Waals surface area contributed by atoms with Crippen LogP contribution in [0.2, 0.25) is 0 Å². The molecule has 1 N–H and O–H groups in total. The smallest absolute Gasteiger partial charge is 0.262 e. The lowest BCUT2D eigenvalue weighted by atomic mass is 9.97. The van der Waals surface area contributed by atoms with Crippen LogP contribution < -0.4 is 10.2 Å². The van der Waals surface area contributed by atoms with Gasteiger partial charge in [0.05, 0.1) is 5.56 Å². The fourth-order valence-electron chi connectivity index (χ4n) is 3.70. The van der Waals surface area contributed by atoms with Crippen molar-refractivity contribution in [3.8, 4) is 0 Å². The molecular formula is C25H26N2O. The van der Waals surface area contributed by atoms with Gasteiger partial charge in [0.15, 0.2) is 0 Å². The van der Waals surface area contributed by atoms with Crippen LogP contribution in [0.15, 0.2) is 72.8 Å². The Balaban J connectivity index is 1.78. The molecule has 0 spiro atoms. The van der Waals surface area contributed by atoms with Crippen LogP contribution in [-0.2, 0) is 0 Å². The first-order chi connectivity index (χ1) is 13.6. The maximum Gasteiger partial charge on any atom is 0.262 e. The molecule has 3 nitrogen and oxygen atoms in total. The van der Waals surface area contributed by atoms with E-state index in [0.29, 0.717) is 11.5 Å². The van der Waals surface area contributed by atoms with Crippen LogP contribution in [0.25, 0.3) is 0 Å². The molecule has 1 amide bonds. The van der Waals surface area contributed by atoms with Gasteiger partial charge in [-0.3, -0.25) is 9.69 Å². The van der Waals surface area contributed by atoms with Crippen molar-refractivity contribution in [1.29, 1.82) is 0 Å². The highest BCUT2D eigenvalue weighted by atomic mass is 16.2. The Hall–Kier alpha value is -3.07. The van der Waals surface area contributed by atoms with Crippen molar-refractivity contribution >= 4 is 17.3 Å². The molecule has 0 unspecified atom stereocenters. The topological polar surface area (TPSA) is 32.3 Å². The highest BCUT2D eigenvalue weighted by Crippen LogP contribution is 2.37. The molecule has 0 aliphatic carbocycles. The lowest BCUT2D eigenvalue weighted by Gasteiger charge is -2.38. The summed E-state index contributed by atoms with van der Waals surface area (Å²) in [6.07, 6.45) is 0.862. The third kappa shape index (κ3) is 3.29. The summed E-state index contributed by atoms with van der Waals surface area (Å²) in [5, 5.41) is 3.57. The molecule has 3 heteroatoms. The molecular weight excluding hydrogens is 344 g/mol. The van der Waals surface area contributed by atoms with Gasteiger partial charge in [0.1, 0.15) is 6.17 Å². The van der Waals surface area contributed by atoms with E-state index in [4.69, 9.17) is 0 Å². The van der Waals surface area contributed by atoms with Crippen molar-refractivity contribution in [1.82, 2.24) is 0 Å². The first kappa shape index (κ1) is 18.3. The Morgan fingerprint density at radius 1 is 0.964 bits per heavy atom. The number of nitrogens with zero attached hydrogens (tertiary/aromatic N) is 1. The predicted molar refractivity (Wildman–Crippen MR) is 116 cm³/mol. The van der Waals surface area contributed by atoms with Gasteiger partial charge >= 0.3 is 0 Å². The fourth-order valence-corrected chi connectivity index (χ4v) is 3.70. The largest absolute Gasteiger partial charge is 0.360 e. The van der Waals surface area contributed by atoms with Gasteiger partial charge in [0.25, 0.3) is 5.91 Å². The van der Waals surface area contributed by atoms with Crippen molar-refractivity contribution in [2.75, 3.05) is 10.2 Å². The number of hydrogen-bond donors (Lipinski definition) is 1. The number of carbonyl (C=O) groups is 1. The Kier molecular flexibility index (Phi) is 4.91. The molecule has 1 heterocycles. The van der Waals surface area contributed by atoms with Crippen molar-refractivity contribution in [2.45, 2.75) is 39.3 Å². The second kappa shape index (κ2) is 7.51. The normalized spacial score (nSPS) is 17.0. The van der Waals surface area contributed by atoms with E-state index in [1.165, 1.54) is 11.1 Å². The summed E-state index contributed by atoms with van der Waals surface area (Å²) in [5.74, 6) is 0.536. The average Bonchev–Trinajstić information content (AvgIpc) is 2.74. The highest BCUT2D eigenvalue weighted by Gasteiger charge is 2.33. The lowest BCUT2D eigenvalue weighted by Crippen LogP contribution is -2.43. The van der Waals surface area contributed by atoms with Crippen LogP contribution in [-0.4, -0.2) is 5.91 Å². The Bertz CT molecular complexity index is 976. The van der Waals surface area contributed by atoms with Gasteiger partial charge in [0.2, 0.25) is 0 Å². The van der Waals surface area contributed by atoms with E-state index in [1.54, 1.807) is 0 Å². The first-order valence-electron chi connectivity index (χ1n) is 9.94. The minimum atomic E-state index is -0.238. The Morgan fingerprint density at radius 3 is 2.32 bits per heavy atom. The number of fused-ring (bicyclic) bond motifs is 1. The highest BCUT2D eigenvalue weighted by molar-refractivity contribution is 6.12. The van der Waals surface area contributed by atoms with Gasteiger partial charge in [-0.25, -0.2) is 0 Å². The summed E-state index contributed by atoms with van der Waals surface area (Å²) in [5.41, 5.74) is 6.07. The van der Waals surface area contributed by atoms with E-state index in [2.05, 4.69) is 74.6 Å². The molecule has 0 aromatic heterocycles. The third-order valence-corrected chi connectivity index (χ3v) is 5.67. The van der Waals surface area contributed by atoms with Gasteiger partial charge in [-0.1, -0.05) is 67.9 Å². The van der Waals surface area contributed by atoms with Gasteiger partial charge in [-0.2, -0.15) is 0 Å². The fraction of sp³-hybridized carbons (Fsp3) is 0.240. The summed E-state index contributed by atoms with van der Waals surface area (Å²) in [6.45, 7) is 6.50. The van der Waals surface area contributed by atoms with Gasteiger partial charge in [-0.15, -0.1) is 0 Å². The molecule has 3 aromatic rings. The van der Waals surface area contributed by atoms with E-state index in [-0.39, 0.29) is 12.1 Å². The number of nitrogens with one attached hydrogen (secondary N) is 1. The molecule has 2 atom stereocenters. The van der Waals surface area contributed by atoms with Crippen LogP contribution in [0, 0.1) is 6.92 Å². The quantitative estimate of drug-likeness (QED) is 0.586. The molecule has 0 bridgehead atoms. The Morgan fingerprint density at radius 2 is 1.64 bits per heavy atom. The van der Waals surface area contributed by atoms with E-state index >= 15 is 0 Å². The second-order valence-corrected chi connectivity index (χ2v) is 7.58. The number of carbonyl (C=O) groups excluding carboxylic acids is 1. The van der Waals surface area contributed by atoms with Crippen LogP contribution in [0.4, 0.5) is 11.4 Å². The van der Waals surface area contributed by atoms with Crippen LogP contribution >= 0.6 is 0 Å². The maximum absolute atomic E-state index is 13.4. The van der Waals surface area contributed by atoms with Crippen LogP contribution in [0.1, 0.15) is 59.4 Å². The molecule has 142 valence electrons. The van der Waals surface area contributed by atoms with E-state index in [1.807, 2.05) is 29.2 Å². The minimum Gasteiger partial charge on any atom is -0.360 e. The summed E-state index contributed by atoms with van der Waals surface area (Å²) < 4.78 is 0. The van der Waals surface area contributed by atoms with Crippen molar-refractivity contribution < 1.29 is 4.79 Å². The number of amides is 1. The Labute approximate surface area is 167 Å². The first-order valence-corrected chi connectivity index (χ1v) is 9.94. The summed E-state index contributed by atoms with van der Waals surface area (Å²) in [6, 6.07) is 24.5. The van der Waals surface area contributed by atoms with Crippen molar-refractivity contribution in [3.63, 3.8) is 0 Å². The zero-order valence-electron chi connectivity index (χ0n) is 16.6. The molecule has 1 aliphatic heterocycles. The molecule has 0 saturated heterocycles. The van der Waals surface area contributed by atoms with Gasteiger partial charge in [-0.05, 0) is 54.7 Å². The van der Waals surface area contributed by atoms with E-state index < -0.39 is 0 Å². The number of rotatable bonds is 4. The third-order valence-electron chi connectivity index (χ3n) is 5.67. The number of benzene rings is 3. The molecule has 28 heavy (non-hydrogen) atoms. The molecule has 0 radical (unpaired) electrons. The monoisotopic (exact) mass is 370 g/mol. The van der Waals surface area contributed by atoms with Crippen molar-refractivity contribution in [3.05, 3.63) is 95.1 Å². The average molecular weight is 370 g/mol. The lowest BCUT2D eigenvalue weighted by molar-refractivity contribution is 0.0975. The van der Waals surface area contributed by atoms with Crippen LogP contribution in [0.5, 0.6) is 0 Å². The standard InChI is InChI=1S/C25H26N2O/c1-4-18(3)19-13-15-21(16-14-19)27-24(20-11-9-17(2)10-12-20)26-23-8-6-5-7-22(23)25(27)28/h5-16,18,24,26H,4H2,1-3H3/t18-,24-/m1/s1. The summed E-state index contributed by atoms with van der Waals surface area (Å²) in [7, 11) is 0. The molecule has 4 rings (SSSR count). The van der Waals surface area contributed by atoms with Gasteiger partial charge < -0.3 is 5.32 Å². The second-order valence-electron chi connectivity index (χ2n) is 7.58. The molecule has 0 fully saturated rings. The number of aryl methyl sites for hydroxylation is 1. The minimum absolute atomic E-state index is 0.0243. The maximum atomic E-state index is 13.4. The summed E-state index contributed by atoms with van der Waals surface area (Å²) >= 11 is 0. The molecule has 3 aromatic carbocycles. The van der Waals surface area contributed by atoms with E-state index in [9.17, 15) is 4.79 Å². The SMILES string of the molecule is CC[C@@H](C)c1ccc(N2C(=O)c3ccccc3N[C@H]2c2ccc(C)cc2)cc1. The number of para-hydroxylation sites is 1. The zero-order valence-corrected chi connectivity index (χ0v) is 16.6. The molecule has 1 aliphatic rings. The number of anilines is 2. The number of hydrogen-bond acceptors (Lipinski definition) is 2. The predicted octanol–water partition coefficient (Wildman–Crippen LogP) is 6.28. The summed E-state index contributed by atoms with van der Waals surface area (Å²) in [4.78, 5) is 15.3. The van der Waals surface area contributed by atoms with Gasteiger partial charge in [0, 0.05) is 11.4 Å². The van der Waals surface area contributed by atoms with Crippen LogP contribution in [0.3, 0.4) is 0 Å².